The number of carbonyl (C=O) groups is 2. The van der Waals surface area contributed by atoms with E-state index in [1.165, 1.54) is 26.2 Å². The van der Waals surface area contributed by atoms with E-state index in [2.05, 4.69) is 0 Å². The van der Waals surface area contributed by atoms with Gasteiger partial charge < -0.3 is 14.6 Å². The van der Waals surface area contributed by atoms with Crippen LogP contribution in [0.5, 0.6) is 11.5 Å². The molecule has 0 amide bonds. The van der Waals surface area contributed by atoms with Crippen molar-refractivity contribution in [1.29, 1.82) is 0 Å². The van der Waals surface area contributed by atoms with E-state index in [0.717, 1.165) is 5.56 Å². The molecule has 1 N–H and O–H groups in total. The van der Waals surface area contributed by atoms with Gasteiger partial charge in [0.05, 0.1) is 12.7 Å². The van der Waals surface area contributed by atoms with Gasteiger partial charge in [0.25, 0.3) is 0 Å². The number of carboxylic acids is 1. The first-order chi connectivity index (χ1) is 10.5. The molecule has 0 atom stereocenters. The minimum absolute atomic E-state index is 0.0677. The van der Waals surface area contributed by atoms with Crippen molar-refractivity contribution in [1.82, 2.24) is 0 Å². The topological polar surface area (TPSA) is 72.8 Å². The van der Waals surface area contributed by atoms with E-state index in [0.29, 0.717) is 5.75 Å². The maximum Gasteiger partial charge on any atom is 0.339 e. The summed E-state index contributed by atoms with van der Waals surface area (Å²) in [6, 6.07) is 12.1. The van der Waals surface area contributed by atoms with E-state index in [4.69, 9.17) is 9.47 Å². The molecule has 0 aliphatic heterocycles. The number of hydrogen-bond acceptors (Lipinski definition) is 4. The Hall–Kier alpha value is -2.82. The Morgan fingerprint density at radius 2 is 1.73 bits per heavy atom. The molecule has 114 valence electrons. The van der Waals surface area contributed by atoms with Crippen LogP contribution >= 0.6 is 0 Å². The van der Waals surface area contributed by atoms with Gasteiger partial charge in [-0.25, -0.2) is 4.79 Å². The van der Waals surface area contributed by atoms with Crippen molar-refractivity contribution < 1.29 is 24.2 Å². The number of hydrogen-bond donors (Lipinski definition) is 1. The average Bonchev–Trinajstić information content (AvgIpc) is 2.52. The van der Waals surface area contributed by atoms with Gasteiger partial charge in [-0.05, 0) is 18.6 Å². The molecule has 22 heavy (non-hydrogen) atoms. The third kappa shape index (κ3) is 3.44. The van der Waals surface area contributed by atoms with Crippen LogP contribution in [0.3, 0.4) is 0 Å². The molecule has 0 fully saturated rings. The molecule has 0 saturated heterocycles. The van der Waals surface area contributed by atoms with Gasteiger partial charge in [0, 0.05) is 6.07 Å². The van der Waals surface area contributed by atoms with Gasteiger partial charge in [0.15, 0.2) is 5.78 Å². The van der Waals surface area contributed by atoms with E-state index >= 15 is 0 Å². The van der Waals surface area contributed by atoms with Gasteiger partial charge >= 0.3 is 5.97 Å². The fourth-order valence-electron chi connectivity index (χ4n) is 2.03. The monoisotopic (exact) mass is 300 g/mol. The first-order valence-corrected chi connectivity index (χ1v) is 6.66. The number of ether oxygens (including phenoxy) is 2. The second-order valence-electron chi connectivity index (χ2n) is 4.68. The highest BCUT2D eigenvalue weighted by Gasteiger charge is 2.19. The molecule has 5 nitrogen and oxygen atoms in total. The van der Waals surface area contributed by atoms with Crippen molar-refractivity contribution >= 4 is 11.8 Å². The lowest BCUT2D eigenvalue weighted by molar-refractivity contribution is 0.0691. The predicted molar refractivity (Wildman–Crippen MR) is 80.7 cm³/mol. The molecule has 0 heterocycles. The average molecular weight is 300 g/mol. The van der Waals surface area contributed by atoms with Gasteiger partial charge in [-0.3, -0.25) is 4.79 Å². The molecule has 2 rings (SSSR count). The molecule has 0 unspecified atom stereocenters. The molecule has 0 aliphatic carbocycles. The Morgan fingerprint density at radius 1 is 1.05 bits per heavy atom. The number of aromatic carboxylic acids is 1. The van der Waals surface area contributed by atoms with Crippen LogP contribution in [0.2, 0.25) is 0 Å². The summed E-state index contributed by atoms with van der Waals surface area (Å²) in [6.07, 6.45) is 0. The van der Waals surface area contributed by atoms with Crippen LogP contribution < -0.4 is 9.47 Å². The minimum atomic E-state index is -1.16. The molecule has 0 saturated carbocycles. The number of Topliss-reactive ketones (excluding diaryl/α,β-unsaturated/α-hetero) is 1. The highest BCUT2D eigenvalue weighted by Crippen LogP contribution is 2.30. The number of methoxy groups -OCH3 is 1. The Bertz CT molecular complexity index is 692. The van der Waals surface area contributed by atoms with Gasteiger partial charge in [0.2, 0.25) is 0 Å². The molecule has 0 aliphatic rings. The molecule has 2 aromatic carbocycles. The zero-order valence-electron chi connectivity index (χ0n) is 12.3. The van der Waals surface area contributed by atoms with Gasteiger partial charge in [-0.15, -0.1) is 0 Å². The van der Waals surface area contributed by atoms with Crippen LogP contribution in [-0.2, 0) is 6.61 Å². The first kappa shape index (κ1) is 15.6. The fourth-order valence-corrected chi connectivity index (χ4v) is 2.03. The quantitative estimate of drug-likeness (QED) is 0.829. The molecular weight excluding hydrogens is 284 g/mol. The Kier molecular flexibility index (Phi) is 4.78. The zero-order valence-corrected chi connectivity index (χ0v) is 12.3. The summed E-state index contributed by atoms with van der Waals surface area (Å²) in [4.78, 5) is 23.0. The van der Waals surface area contributed by atoms with Crippen LogP contribution in [0.25, 0.3) is 0 Å². The maximum absolute atomic E-state index is 11.6. The van der Waals surface area contributed by atoms with Crippen LogP contribution in [0.4, 0.5) is 0 Å². The van der Waals surface area contributed by atoms with E-state index < -0.39 is 5.97 Å². The number of ketones is 1. The minimum Gasteiger partial charge on any atom is -0.496 e. The van der Waals surface area contributed by atoms with Crippen molar-refractivity contribution in [3.63, 3.8) is 0 Å². The summed E-state index contributed by atoms with van der Waals surface area (Å²) in [6.45, 7) is 1.58. The largest absolute Gasteiger partial charge is 0.496 e. The third-order valence-electron chi connectivity index (χ3n) is 3.15. The molecular formula is C17H16O5. The zero-order chi connectivity index (χ0) is 16.1. The van der Waals surface area contributed by atoms with Crippen molar-refractivity contribution in [2.75, 3.05) is 7.11 Å². The normalized spacial score (nSPS) is 10.1. The number of rotatable bonds is 6. The second kappa shape index (κ2) is 6.76. The number of carboxylic acid groups (broad SMARTS) is 1. The highest BCUT2D eigenvalue weighted by atomic mass is 16.5. The molecule has 2 aromatic rings. The van der Waals surface area contributed by atoms with E-state index in [9.17, 15) is 14.7 Å². The van der Waals surface area contributed by atoms with Crippen LogP contribution in [-0.4, -0.2) is 24.0 Å². The summed E-state index contributed by atoms with van der Waals surface area (Å²) in [5.74, 6) is -0.971. The van der Waals surface area contributed by atoms with E-state index in [1.807, 2.05) is 30.3 Å². The van der Waals surface area contributed by atoms with Crippen LogP contribution in [0.1, 0.15) is 33.2 Å². The van der Waals surface area contributed by atoms with Crippen molar-refractivity contribution in [2.45, 2.75) is 13.5 Å². The van der Waals surface area contributed by atoms with Gasteiger partial charge in [-0.2, -0.15) is 0 Å². The van der Waals surface area contributed by atoms with Gasteiger partial charge in [0.1, 0.15) is 23.7 Å². The molecule has 0 radical (unpaired) electrons. The van der Waals surface area contributed by atoms with E-state index in [-0.39, 0.29) is 29.3 Å². The van der Waals surface area contributed by atoms with E-state index in [1.54, 1.807) is 0 Å². The lowest BCUT2D eigenvalue weighted by Gasteiger charge is -2.13. The van der Waals surface area contributed by atoms with Crippen molar-refractivity contribution in [3.8, 4) is 11.5 Å². The summed E-state index contributed by atoms with van der Waals surface area (Å²) in [5.41, 5.74) is 1.06. The summed E-state index contributed by atoms with van der Waals surface area (Å²) < 4.78 is 10.7. The Morgan fingerprint density at radius 3 is 2.27 bits per heavy atom. The van der Waals surface area contributed by atoms with Crippen LogP contribution in [0.15, 0.2) is 42.5 Å². The van der Waals surface area contributed by atoms with Crippen molar-refractivity contribution in [3.05, 3.63) is 59.2 Å². The fraction of sp³-hybridized carbons (Fsp3) is 0.176. The SMILES string of the molecule is COc1cc(OCc2ccccc2)c(C(=O)O)cc1C(C)=O. The smallest absolute Gasteiger partial charge is 0.339 e. The first-order valence-electron chi connectivity index (χ1n) is 6.66. The second-order valence-corrected chi connectivity index (χ2v) is 4.68. The predicted octanol–water partition coefficient (Wildman–Crippen LogP) is 3.18. The standard InChI is InChI=1S/C17H16O5/c1-11(18)13-8-14(17(19)20)16(9-15(13)21-2)22-10-12-6-4-3-5-7-12/h3-9H,10H2,1-2H3,(H,19,20). The van der Waals surface area contributed by atoms with Crippen LogP contribution in [0, 0.1) is 0 Å². The number of carbonyl (C=O) groups excluding carboxylic acids is 1. The Labute approximate surface area is 128 Å². The summed E-state index contributed by atoms with van der Waals surface area (Å²) >= 11 is 0. The van der Waals surface area contributed by atoms with Gasteiger partial charge in [-0.1, -0.05) is 30.3 Å². The molecule has 5 heteroatoms. The third-order valence-corrected chi connectivity index (χ3v) is 3.15. The lowest BCUT2D eigenvalue weighted by atomic mass is 10.1. The highest BCUT2D eigenvalue weighted by molar-refractivity contribution is 6.01. The molecule has 0 spiro atoms. The Balaban J connectivity index is 2.36. The molecule has 0 aromatic heterocycles. The maximum atomic E-state index is 11.6. The summed E-state index contributed by atoms with van der Waals surface area (Å²) in [5, 5.41) is 9.30. The summed E-state index contributed by atoms with van der Waals surface area (Å²) in [7, 11) is 1.42. The number of benzene rings is 2. The molecule has 0 bridgehead atoms. The lowest BCUT2D eigenvalue weighted by Crippen LogP contribution is -2.07. The van der Waals surface area contributed by atoms with Crippen molar-refractivity contribution in [2.24, 2.45) is 0 Å².